The van der Waals surface area contributed by atoms with Gasteiger partial charge in [-0.3, -0.25) is 16.0 Å². The summed E-state index contributed by atoms with van der Waals surface area (Å²) in [5.41, 5.74) is 5.12. The minimum Gasteiger partial charge on any atom is -0.382 e. The molecule has 0 bridgehead atoms. The van der Waals surface area contributed by atoms with Crippen molar-refractivity contribution >= 4 is 0 Å². The highest BCUT2D eigenvalue weighted by Crippen LogP contribution is 2.10. The second-order valence-electron chi connectivity index (χ2n) is 4.59. The lowest BCUT2D eigenvalue weighted by Gasteiger charge is -2.17. The van der Waals surface area contributed by atoms with Gasteiger partial charge in [0.15, 0.2) is 0 Å². The smallest absolute Gasteiger partial charge is 0.0596 e. The van der Waals surface area contributed by atoms with Crippen molar-refractivity contribution in [3.63, 3.8) is 0 Å². The summed E-state index contributed by atoms with van der Waals surface area (Å²) in [4.78, 5) is 0. The molecule has 5 nitrogen and oxygen atoms in total. The summed E-state index contributed by atoms with van der Waals surface area (Å²) in [6, 6.07) is 2.37. The first kappa shape index (κ1) is 14.2. The Morgan fingerprint density at radius 1 is 1.53 bits per heavy atom. The molecule has 2 unspecified atom stereocenters. The van der Waals surface area contributed by atoms with Crippen molar-refractivity contribution < 1.29 is 4.74 Å². The molecule has 0 fully saturated rings. The lowest BCUT2D eigenvalue weighted by Crippen LogP contribution is -2.37. The lowest BCUT2D eigenvalue weighted by atomic mass is 10.0. The average molecular weight is 240 g/mol. The second-order valence-corrected chi connectivity index (χ2v) is 4.59. The zero-order valence-corrected chi connectivity index (χ0v) is 11.2. The molecule has 5 heteroatoms. The Morgan fingerprint density at radius 2 is 2.24 bits per heavy atom. The van der Waals surface area contributed by atoms with Crippen molar-refractivity contribution in [3.8, 4) is 0 Å². The van der Waals surface area contributed by atoms with Crippen molar-refractivity contribution in [2.45, 2.75) is 45.3 Å². The number of methoxy groups -OCH3 is 1. The molecule has 1 rings (SSSR count). The third-order valence-electron chi connectivity index (χ3n) is 3.11. The van der Waals surface area contributed by atoms with Crippen LogP contribution in [0, 0.1) is 6.92 Å². The van der Waals surface area contributed by atoms with Crippen LogP contribution in [0.5, 0.6) is 0 Å². The number of aromatic nitrogens is 2. The van der Waals surface area contributed by atoms with Gasteiger partial charge >= 0.3 is 0 Å². The molecular weight excluding hydrogens is 216 g/mol. The van der Waals surface area contributed by atoms with Crippen molar-refractivity contribution in [3.05, 3.63) is 17.5 Å². The molecule has 0 saturated carbocycles. The minimum absolute atomic E-state index is 0.266. The number of nitrogens with two attached hydrogens (primary N) is 1. The topological polar surface area (TPSA) is 65.1 Å². The fraction of sp³-hybridized carbons (Fsp3) is 0.750. The van der Waals surface area contributed by atoms with E-state index in [2.05, 4.69) is 23.5 Å². The summed E-state index contributed by atoms with van der Waals surface area (Å²) in [7, 11) is 3.70. The standard InChI is InChI=1S/C12H24N4O/c1-9-7-12(16(3)15-9)8-11(14-13)6-5-10(2)17-4/h7,10-11,14H,5-6,8,13H2,1-4H3. The Labute approximate surface area is 103 Å². The summed E-state index contributed by atoms with van der Waals surface area (Å²) < 4.78 is 7.15. The Balaban J connectivity index is 2.49. The van der Waals surface area contributed by atoms with Crippen molar-refractivity contribution in [1.82, 2.24) is 15.2 Å². The SMILES string of the molecule is COC(C)CCC(Cc1cc(C)nn1C)NN. The highest BCUT2D eigenvalue weighted by molar-refractivity contribution is 5.09. The van der Waals surface area contributed by atoms with E-state index in [1.54, 1.807) is 7.11 Å². The maximum Gasteiger partial charge on any atom is 0.0596 e. The summed E-state index contributed by atoms with van der Waals surface area (Å²) in [6.07, 6.45) is 3.17. The number of nitrogens with one attached hydrogen (secondary N) is 1. The van der Waals surface area contributed by atoms with Gasteiger partial charge < -0.3 is 4.74 Å². The monoisotopic (exact) mass is 240 g/mol. The average Bonchev–Trinajstić information content (AvgIpc) is 2.62. The van der Waals surface area contributed by atoms with Gasteiger partial charge in [0.1, 0.15) is 0 Å². The van der Waals surface area contributed by atoms with Crippen LogP contribution in [-0.4, -0.2) is 29.0 Å². The molecule has 1 aromatic heterocycles. The molecule has 0 spiro atoms. The quantitative estimate of drug-likeness (QED) is 0.549. The molecule has 0 radical (unpaired) electrons. The van der Waals surface area contributed by atoms with Crippen molar-refractivity contribution in [2.24, 2.45) is 12.9 Å². The number of ether oxygens (including phenoxy) is 1. The fourth-order valence-electron chi connectivity index (χ4n) is 1.91. The zero-order valence-electron chi connectivity index (χ0n) is 11.2. The van der Waals surface area contributed by atoms with Crippen LogP contribution in [0.3, 0.4) is 0 Å². The second kappa shape index (κ2) is 6.74. The molecular formula is C12H24N4O. The number of rotatable bonds is 7. The molecule has 17 heavy (non-hydrogen) atoms. The molecule has 0 saturated heterocycles. The third kappa shape index (κ3) is 4.46. The fourth-order valence-corrected chi connectivity index (χ4v) is 1.91. The third-order valence-corrected chi connectivity index (χ3v) is 3.11. The summed E-state index contributed by atoms with van der Waals surface area (Å²) >= 11 is 0. The van der Waals surface area contributed by atoms with Gasteiger partial charge in [0.25, 0.3) is 0 Å². The van der Waals surface area contributed by atoms with Crippen LogP contribution in [0.25, 0.3) is 0 Å². The molecule has 1 aromatic rings. The Kier molecular flexibility index (Phi) is 5.61. The van der Waals surface area contributed by atoms with Gasteiger partial charge in [0, 0.05) is 32.3 Å². The van der Waals surface area contributed by atoms with E-state index in [-0.39, 0.29) is 12.1 Å². The van der Waals surface area contributed by atoms with Crippen LogP contribution in [0.1, 0.15) is 31.2 Å². The highest BCUT2D eigenvalue weighted by Gasteiger charge is 2.12. The number of nitrogens with zero attached hydrogens (tertiary/aromatic N) is 2. The van der Waals surface area contributed by atoms with Gasteiger partial charge in [-0.25, -0.2) is 0 Å². The first-order valence-electron chi connectivity index (χ1n) is 6.05. The van der Waals surface area contributed by atoms with Crippen LogP contribution in [0.15, 0.2) is 6.07 Å². The van der Waals surface area contributed by atoms with E-state index in [9.17, 15) is 0 Å². The number of aryl methyl sites for hydroxylation is 2. The van der Waals surface area contributed by atoms with Crippen LogP contribution >= 0.6 is 0 Å². The summed E-state index contributed by atoms with van der Waals surface area (Å²) in [6.45, 7) is 4.07. The van der Waals surface area contributed by atoms with E-state index >= 15 is 0 Å². The Morgan fingerprint density at radius 3 is 2.71 bits per heavy atom. The predicted molar refractivity (Wildman–Crippen MR) is 68.5 cm³/mol. The van der Waals surface area contributed by atoms with E-state index in [4.69, 9.17) is 10.6 Å². The largest absolute Gasteiger partial charge is 0.382 e. The van der Waals surface area contributed by atoms with Gasteiger partial charge in [-0.05, 0) is 32.8 Å². The van der Waals surface area contributed by atoms with E-state index < -0.39 is 0 Å². The van der Waals surface area contributed by atoms with Crippen molar-refractivity contribution in [1.29, 1.82) is 0 Å². The Hall–Kier alpha value is -0.910. The van der Waals surface area contributed by atoms with Crippen LogP contribution in [0.4, 0.5) is 0 Å². The predicted octanol–water partition coefficient (Wildman–Crippen LogP) is 0.918. The van der Waals surface area contributed by atoms with E-state index in [0.29, 0.717) is 0 Å². The zero-order chi connectivity index (χ0) is 12.8. The first-order valence-corrected chi connectivity index (χ1v) is 6.05. The molecule has 0 aliphatic carbocycles. The maximum atomic E-state index is 5.58. The molecule has 0 aliphatic heterocycles. The van der Waals surface area contributed by atoms with Gasteiger partial charge in [-0.15, -0.1) is 0 Å². The first-order chi connectivity index (χ1) is 8.06. The van der Waals surface area contributed by atoms with Crippen LogP contribution in [0.2, 0.25) is 0 Å². The van der Waals surface area contributed by atoms with E-state index in [0.717, 1.165) is 25.0 Å². The summed E-state index contributed by atoms with van der Waals surface area (Å²) in [5, 5.41) is 4.33. The molecule has 3 N–H and O–H groups in total. The molecule has 0 amide bonds. The highest BCUT2D eigenvalue weighted by atomic mass is 16.5. The molecule has 98 valence electrons. The molecule has 1 heterocycles. The van der Waals surface area contributed by atoms with Gasteiger partial charge in [-0.2, -0.15) is 5.10 Å². The van der Waals surface area contributed by atoms with E-state index in [1.165, 1.54) is 5.69 Å². The summed E-state index contributed by atoms with van der Waals surface area (Å²) in [5.74, 6) is 5.58. The molecule has 0 aliphatic rings. The number of hydrogen-bond acceptors (Lipinski definition) is 4. The number of hydrazine groups is 1. The lowest BCUT2D eigenvalue weighted by molar-refractivity contribution is 0.106. The van der Waals surface area contributed by atoms with Gasteiger partial charge in [-0.1, -0.05) is 0 Å². The van der Waals surface area contributed by atoms with E-state index in [1.807, 2.05) is 18.7 Å². The van der Waals surface area contributed by atoms with Gasteiger partial charge in [0.2, 0.25) is 0 Å². The minimum atomic E-state index is 0.266. The normalized spacial score (nSPS) is 14.9. The number of hydrogen-bond donors (Lipinski definition) is 2. The maximum absolute atomic E-state index is 5.58. The molecule has 0 aromatic carbocycles. The van der Waals surface area contributed by atoms with Crippen LogP contribution < -0.4 is 11.3 Å². The Bertz CT molecular complexity index is 337. The van der Waals surface area contributed by atoms with Gasteiger partial charge in [0.05, 0.1) is 11.8 Å². The van der Waals surface area contributed by atoms with Crippen LogP contribution in [-0.2, 0) is 18.2 Å². The molecule has 2 atom stereocenters. The van der Waals surface area contributed by atoms with Crippen molar-refractivity contribution in [2.75, 3.05) is 7.11 Å².